The molecule has 0 radical (unpaired) electrons. The average molecular weight is 246 g/mol. The van der Waals surface area contributed by atoms with Crippen molar-refractivity contribution in [1.82, 2.24) is 0 Å². The highest BCUT2D eigenvalue weighted by molar-refractivity contribution is 5.75. The molecular formula is C14H18N2O2. The fourth-order valence-corrected chi connectivity index (χ4v) is 1.48. The van der Waals surface area contributed by atoms with Gasteiger partial charge in [0.05, 0.1) is 18.2 Å². The summed E-state index contributed by atoms with van der Waals surface area (Å²) in [5, 5.41) is 8.67. The SMILES string of the molecule is CCCCOC(=O)[C@@H](N)Cc1ccc(C#N)cc1. The Morgan fingerprint density at radius 3 is 2.67 bits per heavy atom. The number of nitrogens with zero attached hydrogens (tertiary/aromatic N) is 1. The summed E-state index contributed by atoms with van der Waals surface area (Å²) in [7, 11) is 0. The van der Waals surface area contributed by atoms with E-state index in [2.05, 4.69) is 0 Å². The second-order valence-corrected chi connectivity index (χ2v) is 4.14. The molecule has 0 saturated heterocycles. The van der Waals surface area contributed by atoms with Crippen LogP contribution in [0.1, 0.15) is 30.9 Å². The molecule has 0 aliphatic rings. The second kappa shape index (κ2) is 7.46. The number of rotatable bonds is 6. The third-order valence-electron chi connectivity index (χ3n) is 2.58. The lowest BCUT2D eigenvalue weighted by molar-refractivity contribution is -0.145. The number of hydrogen-bond acceptors (Lipinski definition) is 4. The number of unbranched alkanes of at least 4 members (excludes halogenated alkanes) is 1. The minimum atomic E-state index is -0.644. The lowest BCUT2D eigenvalue weighted by atomic mass is 10.1. The average Bonchev–Trinajstić information content (AvgIpc) is 2.39. The Hall–Kier alpha value is -1.86. The zero-order chi connectivity index (χ0) is 13.4. The third kappa shape index (κ3) is 4.56. The van der Waals surface area contributed by atoms with Crippen LogP contribution in [0.3, 0.4) is 0 Å². The van der Waals surface area contributed by atoms with Crippen LogP contribution in [0, 0.1) is 11.3 Å². The Kier molecular flexibility index (Phi) is 5.89. The quantitative estimate of drug-likeness (QED) is 0.613. The highest BCUT2D eigenvalue weighted by Crippen LogP contribution is 2.06. The predicted octanol–water partition coefficient (Wildman–Crippen LogP) is 1.77. The molecule has 0 fully saturated rings. The van der Waals surface area contributed by atoms with Gasteiger partial charge in [-0.3, -0.25) is 4.79 Å². The van der Waals surface area contributed by atoms with Gasteiger partial charge in [0.15, 0.2) is 0 Å². The van der Waals surface area contributed by atoms with Gasteiger partial charge >= 0.3 is 5.97 Å². The van der Waals surface area contributed by atoms with Gasteiger partial charge in [-0.05, 0) is 30.5 Å². The molecule has 1 atom stereocenters. The number of nitrogens with two attached hydrogens (primary N) is 1. The number of nitriles is 1. The van der Waals surface area contributed by atoms with Crippen molar-refractivity contribution in [3.05, 3.63) is 35.4 Å². The molecule has 0 saturated carbocycles. The van der Waals surface area contributed by atoms with Gasteiger partial charge in [-0.1, -0.05) is 25.5 Å². The van der Waals surface area contributed by atoms with Gasteiger partial charge in [0.25, 0.3) is 0 Å². The number of benzene rings is 1. The minimum Gasteiger partial charge on any atom is -0.465 e. The van der Waals surface area contributed by atoms with Crippen LogP contribution < -0.4 is 5.73 Å². The first-order valence-electron chi connectivity index (χ1n) is 6.08. The lowest BCUT2D eigenvalue weighted by Crippen LogP contribution is -2.34. The Morgan fingerprint density at radius 1 is 1.44 bits per heavy atom. The summed E-state index contributed by atoms with van der Waals surface area (Å²) < 4.78 is 5.05. The lowest BCUT2D eigenvalue weighted by Gasteiger charge is -2.11. The van der Waals surface area contributed by atoms with Gasteiger partial charge in [-0.15, -0.1) is 0 Å². The van der Waals surface area contributed by atoms with Crippen molar-refractivity contribution in [2.24, 2.45) is 5.73 Å². The number of carbonyl (C=O) groups is 1. The molecular weight excluding hydrogens is 228 g/mol. The van der Waals surface area contributed by atoms with Crippen LogP contribution in [-0.4, -0.2) is 18.6 Å². The fourth-order valence-electron chi connectivity index (χ4n) is 1.48. The van der Waals surface area contributed by atoms with Crippen LogP contribution in [0.15, 0.2) is 24.3 Å². The highest BCUT2D eigenvalue weighted by Gasteiger charge is 2.15. The van der Waals surface area contributed by atoms with E-state index in [1.165, 1.54) is 0 Å². The van der Waals surface area contributed by atoms with Gasteiger partial charge in [-0.2, -0.15) is 5.26 Å². The summed E-state index contributed by atoms with van der Waals surface area (Å²) in [6.07, 6.45) is 2.27. The van der Waals surface area contributed by atoms with Crippen molar-refractivity contribution in [1.29, 1.82) is 5.26 Å². The van der Waals surface area contributed by atoms with E-state index >= 15 is 0 Å². The maximum atomic E-state index is 11.5. The number of hydrogen-bond donors (Lipinski definition) is 1. The molecule has 96 valence electrons. The maximum absolute atomic E-state index is 11.5. The van der Waals surface area contributed by atoms with Gasteiger partial charge in [0.1, 0.15) is 6.04 Å². The summed E-state index contributed by atoms with van der Waals surface area (Å²) >= 11 is 0. The zero-order valence-electron chi connectivity index (χ0n) is 10.6. The van der Waals surface area contributed by atoms with Crippen LogP contribution in [-0.2, 0) is 16.0 Å². The molecule has 0 bridgehead atoms. The second-order valence-electron chi connectivity index (χ2n) is 4.14. The molecule has 18 heavy (non-hydrogen) atoms. The van der Waals surface area contributed by atoms with Crippen LogP contribution >= 0.6 is 0 Å². The largest absolute Gasteiger partial charge is 0.465 e. The van der Waals surface area contributed by atoms with Crippen LogP contribution in [0.25, 0.3) is 0 Å². The summed E-state index contributed by atoms with van der Waals surface area (Å²) in [4.78, 5) is 11.5. The van der Waals surface area contributed by atoms with E-state index in [1.54, 1.807) is 24.3 Å². The van der Waals surface area contributed by atoms with Crippen LogP contribution in [0.2, 0.25) is 0 Å². The van der Waals surface area contributed by atoms with E-state index in [0.29, 0.717) is 18.6 Å². The van der Waals surface area contributed by atoms with Crippen molar-refractivity contribution in [2.75, 3.05) is 6.61 Å². The topological polar surface area (TPSA) is 76.1 Å². The molecule has 4 heteroatoms. The van der Waals surface area contributed by atoms with Crippen molar-refractivity contribution >= 4 is 5.97 Å². The standard InChI is InChI=1S/C14H18N2O2/c1-2-3-8-18-14(17)13(16)9-11-4-6-12(10-15)7-5-11/h4-7,13H,2-3,8-9,16H2,1H3/t13-/m0/s1. The first-order valence-corrected chi connectivity index (χ1v) is 6.08. The van der Waals surface area contributed by atoms with E-state index in [0.717, 1.165) is 18.4 Å². The van der Waals surface area contributed by atoms with Crippen molar-refractivity contribution < 1.29 is 9.53 Å². The summed E-state index contributed by atoms with van der Waals surface area (Å²) in [5.41, 5.74) is 7.28. The smallest absolute Gasteiger partial charge is 0.323 e. The van der Waals surface area contributed by atoms with E-state index in [4.69, 9.17) is 15.7 Å². The van der Waals surface area contributed by atoms with Crippen molar-refractivity contribution in [3.8, 4) is 6.07 Å². The molecule has 4 nitrogen and oxygen atoms in total. The van der Waals surface area contributed by atoms with Crippen LogP contribution in [0.4, 0.5) is 0 Å². The number of esters is 1. The number of ether oxygens (including phenoxy) is 1. The van der Waals surface area contributed by atoms with Gasteiger partial charge in [0.2, 0.25) is 0 Å². The molecule has 1 aromatic carbocycles. The third-order valence-corrected chi connectivity index (χ3v) is 2.58. The molecule has 1 aromatic rings. The van der Waals surface area contributed by atoms with Crippen molar-refractivity contribution in [3.63, 3.8) is 0 Å². The minimum absolute atomic E-state index is 0.368. The monoisotopic (exact) mass is 246 g/mol. The Labute approximate surface area is 107 Å². The Morgan fingerprint density at radius 2 is 2.11 bits per heavy atom. The Bertz CT molecular complexity index is 420. The van der Waals surface area contributed by atoms with E-state index in [1.807, 2.05) is 13.0 Å². The molecule has 0 amide bonds. The molecule has 0 heterocycles. The molecule has 0 aromatic heterocycles. The van der Waals surface area contributed by atoms with Gasteiger partial charge in [-0.25, -0.2) is 0 Å². The van der Waals surface area contributed by atoms with Gasteiger partial charge < -0.3 is 10.5 Å². The molecule has 0 spiro atoms. The highest BCUT2D eigenvalue weighted by atomic mass is 16.5. The van der Waals surface area contributed by atoms with Crippen molar-refractivity contribution in [2.45, 2.75) is 32.2 Å². The molecule has 1 rings (SSSR count). The first-order chi connectivity index (χ1) is 8.67. The Balaban J connectivity index is 2.45. The maximum Gasteiger partial charge on any atom is 0.323 e. The zero-order valence-corrected chi connectivity index (χ0v) is 10.6. The fraction of sp³-hybridized carbons (Fsp3) is 0.429. The van der Waals surface area contributed by atoms with E-state index in [-0.39, 0.29) is 5.97 Å². The summed E-state index contributed by atoms with van der Waals surface area (Å²) in [6, 6.07) is 8.43. The molecule has 0 aliphatic heterocycles. The normalized spacial score (nSPS) is 11.6. The number of carbonyl (C=O) groups excluding carboxylic acids is 1. The van der Waals surface area contributed by atoms with Crippen LogP contribution in [0.5, 0.6) is 0 Å². The summed E-state index contributed by atoms with van der Waals surface area (Å²) in [5.74, 6) is -0.368. The molecule has 2 N–H and O–H groups in total. The van der Waals surface area contributed by atoms with E-state index in [9.17, 15) is 4.79 Å². The first kappa shape index (κ1) is 14.2. The summed E-state index contributed by atoms with van der Waals surface area (Å²) in [6.45, 7) is 2.46. The van der Waals surface area contributed by atoms with Gasteiger partial charge in [0, 0.05) is 0 Å². The molecule has 0 unspecified atom stereocenters. The molecule has 0 aliphatic carbocycles. The van der Waals surface area contributed by atoms with E-state index < -0.39 is 6.04 Å². The predicted molar refractivity (Wildman–Crippen MR) is 68.7 cm³/mol.